The van der Waals surface area contributed by atoms with E-state index in [0.29, 0.717) is 12.4 Å². The quantitative estimate of drug-likeness (QED) is 0.759. The van der Waals surface area contributed by atoms with Crippen LogP contribution < -0.4 is 4.74 Å². The Hall–Kier alpha value is -2.55. The highest BCUT2D eigenvalue weighted by Gasteiger charge is 2.10. The van der Waals surface area contributed by atoms with Crippen LogP contribution in [0.4, 0.5) is 0 Å². The van der Waals surface area contributed by atoms with Gasteiger partial charge in [-0.3, -0.25) is 4.79 Å². The monoisotopic (exact) mass is 282 g/mol. The summed E-state index contributed by atoms with van der Waals surface area (Å²) in [6.45, 7) is 4.20. The summed E-state index contributed by atoms with van der Waals surface area (Å²) < 4.78 is 10.6. The number of hydrogen-bond donors (Lipinski definition) is 0. The van der Waals surface area contributed by atoms with Crippen molar-refractivity contribution >= 4 is 12.0 Å². The lowest BCUT2D eigenvalue weighted by Crippen LogP contribution is -2.07. The molecule has 0 saturated heterocycles. The second-order valence-corrected chi connectivity index (χ2v) is 4.60. The highest BCUT2D eigenvalue weighted by Crippen LogP contribution is 2.23. The number of methoxy groups -OCH3 is 1. The molecule has 0 spiro atoms. The Morgan fingerprint density at radius 2 is 1.95 bits per heavy atom. The van der Waals surface area contributed by atoms with Gasteiger partial charge in [-0.2, -0.15) is 0 Å². The first-order valence-electron chi connectivity index (χ1n) is 6.72. The van der Waals surface area contributed by atoms with E-state index in [9.17, 15) is 4.79 Å². The van der Waals surface area contributed by atoms with Crippen molar-refractivity contribution in [3.8, 4) is 5.75 Å². The van der Waals surface area contributed by atoms with Crippen molar-refractivity contribution in [2.24, 2.45) is 0 Å². The molecule has 0 aliphatic rings. The van der Waals surface area contributed by atoms with Gasteiger partial charge in [-0.25, -0.2) is 0 Å². The Morgan fingerprint density at radius 1 is 1.19 bits per heavy atom. The van der Waals surface area contributed by atoms with E-state index >= 15 is 0 Å². The molecule has 2 rings (SSSR count). The standard InChI is InChI=1S/C18H18O3/c1-3-14-9-10-16(12-18(19)20-2)17(11-14)21-13-15-7-5-4-6-8-15/h3-11H,1,12-13H2,2H3. The lowest BCUT2D eigenvalue weighted by molar-refractivity contribution is -0.139. The molecule has 0 unspecified atom stereocenters. The fraction of sp³-hybridized carbons (Fsp3) is 0.167. The minimum atomic E-state index is -0.286. The first kappa shape index (κ1) is 14.9. The molecule has 3 heteroatoms. The molecule has 0 aliphatic carbocycles. The van der Waals surface area contributed by atoms with Gasteiger partial charge in [0, 0.05) is 5.56 Å². The summed E-state index contributed by atoms with van der Waals surface area (Å²) >= 11 is 0. The normalized spacial score (nSPS) is 9.95. The van der Waals surface area contributed by atoms with Crippen molar-refractivity contribution in [3.63, 3.8) is 0 Å². The van der Waals surface area contributed by atoms with Crippen LogP contribution in [0, 0.1) is 0 Å². The van der Waals surface area contributed by atoms with Gasteiger partial charge in [-0.15, -0.1) is 0 Å². The molecule has 0 aromatic heterocycles. The van der Waals surface area contributed by atoms with Crippen LogP contribution in [0.5, 0.6) is 5.75 Å². The molecule has 0 fully saturated rings. The van der Waals surface area contributed by atoms with E-state index in [1.807, 2.05) is 48.5 Å². The van der Waals surface area contributed by atoms with Gasteiger partial charge >= 0.3 is 5.97 Å². The molecule has 0 aliphatic heterocycles. The van der Waals surface area contributed by atoms with Crippen LogP contribution in [-0.4, -0.2) is 13.1 Å². The Balaban J connectivity index is 2.18. The summed E-state index contributed by atoms with van der Waals surface area (Å²) in [5.74, 6) is 0.396. The topological polar surface area (TPSA) is 35.5 Å². The maximum Gasteiger partial charge on any atom is 0.310 e. The number of benzene rings is 2. The van der Waals surface area contributed by atoms with E-state index in [2.05, 4.69) is 6.58 Å². The molecule has 0 bridgehead atoms. The van der Waals surface area contributed by atoms with Crippen LogP contribution in [-0.2, 0) is 22.6 Å². The maximum atomic E-state index is 11.5. The minimum Gasteiger partial charge on any atom is -0.489 e. The number of rotatable bonds is 6. The van der Waals surface area contributed by atoms with E-state index in [-0.39, 0.29) is 12.4 Å². The van der Waals surface area contributed by atoms with E-state index in [1.165, 1.54) is 7.11 Å². The minimum absolute atomic E-state index is 0.193. The molecule has 0 saturated carbocycles. The second-order valence-electron chi connectivity index (χ2n) is 4.60. The van der Waals surface area contributed by atoms with Crippen LogP contribution in [0.3, 0.4) is 0 Å². The van der Waals surface area contributed by atoms with Crippen molar-refractivity contribution in [1.29, 1.82) is 0 Å². The molecular weight excluding hydrogens is 264 g/mol. The van der Waals surface area contributed by atoms with Crippen LogP contribution in [0.2, 0.25) is 0 Å². The summed E-state index contributed by atoms with van der Waals surface area (Å²) in [5, 5.41) is 0. The molecule has 2 aromatic carbocycles. The first-order valence-corrected chi connectivity index (χ1v) is 6.72. The van der Waals surface area contributed by atoms with Crippen LogP contribution in [0.1, 0.15) is 16.7 Å². The second kappa shape index (κ2) is 7.29. The van der Waals surface area contributed by atoms with E-state index in [4.69, 9.17) is 9.47 Å². The molecule has 0 atom stereocenters. The van der Waals surface area contributed by atoms with Crippen molar-refractivity contribution in [1.82, 2.24) is 0 Å². The molecule has 0 N–H and O–H groups in total. The third kappa shape index (κ3) is 4.21. The van der Waals surface area contributed by atoms with Crippen molar-refractivity contribution in [2.75, 3.05) is 7.11 Å². The van der Waals surface area contributed by atoms with E-state index in [0.717, 1.165) is 16.7 Å². The molecule has 2 aromatic rings. The fourth-order valence-corrected chi connectivity index (χ4v) is 1.94. The zero-order valence-corrected chi connectivity index (χ0v) is 12.0. The van der Waals surface area contributed by atoms with Gasteiger partial charge in [0.05, 0.1) is 13.5 Å². The van der Waals surface area contributed by atoms with Gasteiger partial charge in [-0.05, 0) is 17.2 Å². The number of carbonyl (C=O) groups excluding carboxylic acids is 1. The largest absolute Gasteiger partial charge is 0.489 e. The van der Waals surface area contributed by atoms with Crippen molar-refractivity contribution in [2.45, 2.75) is 13.0 Å². The Morgan fingerprint density at radius 3 is 2.62 bits per heavy atom. The third-order valence-corrected chi connectivity index (χ3v) is 3.13. The highest BCUT2D eigenvalue weighted by atomic mass is 16.5. The SMILES string of the molecule is C=Cc1ccc(CC(=O)OC)c(OCc2ccccc2)c1. The third-order valence-electron chi connectivity index (χ3n) is 3.13. The summed E-state index contributed by atoms with van der Waals surface area (Å²) in [6.07, 6.45) is 1.94. The molecule has 0 amide bonds. The van der Waals surface area contributed by atoms with E-state index in [1.54, 1.807) is 6.08 Å². The Bertz CT molecular complexity index is 618. The number of ether oxygens (including phenoxy) is 2. The van der Waals surface area contributed by atoms with Gasteiger partial charge in [0.1, 0.15) is 12.4 Å². The molecule has 0 radical (unpaired) electrons. The van der Waals surface area contributed by atoms with Crippen LogP contribution >= 0.6 is 0 Å². The summed E-state index contributed by atoms with van der Waals surface area (Å²) in [6, 6.07) is 15.5. The van der Waals surface area contributed by atoms with Crippen molar-refractivity contribution in [3.05, 3.63) is 71.8 Å². The fourth-order valence-electron chi connectivity index (χ4n) is 1.94. The highest BCUT2D eigenvalue weighted by molar-refractivity contribution is 5.73. The lowest BCUT2D eigenvalue weighted by atomic mass is 10.1. The van der Waals surface area contributed by atoms with Crippen LogP contribution in [0.15, 0.2) is 55.1 Å². The zero-order valence-electron chi connectivity index (χ0n) is 12.0. The van der Waals surface area contributed by atoms with Gasteiger partial charge < -0.3 is 9.47 Å². The number of hydrogen-bond acceptors (Lipinski definition) is 3. The summed E-state index contributed by atoms with van der Waals surface area (Å²) in [4.78, 5) is 11.5. The number of esters is 1. The average Bonchev–Trinajstić information content (AvgIpc) is 2.54. The maximum absolute atomic E-state index is 11.5. The first-order chi connectivity index (χ1) is 10.2. The molecule has 3 nitrogen and oxygen atoms in total. The van der Waals surface area contributed by atoms with Crippen LogP contribution in [0.25, 0.3) is 6.08 Å². The molecule has 0 heterocycles. The Kier molecular flexibility index (Phi) is 5.16. The predicted molar refractivity (Wildman–Crippen MR) is 83.0 cm³/mol. The summed E-state index contributed by atoms with van der Waals surface area (Å²) in [7, 11) is 1.38. The molecule has 21 heavy (non-hydrogen) atoms. The summed E-state index contributed by atoms with van der Waals surface area (Å²) in [5.41, 5.74) is 2.83. The molecular formula is C18H18O3. The van der Waals surface area contributed by atoms with Gasteiger partial charge in [0.2, 0.25) is 0 Å². The smallest absolute Gasteiger partial charge is 0.310 e. The lowest BCUT2D eigenvalue weighted by Gasteiger charge is -2.12. The van der Waals surface area contributed by atoms with Gasteiger partial charge in [0.25, 0.3) is 0 Å². The molecule has 108 valence electrons. The van der Waals surface area contributed by atoms with E-state index < -0.39 is 0 Å². The van der Waals surface area contributed by atoms with Gasteiger partial charge in [-0.1, -0.05) is 55.1 Å². The van der Waals surface area contributed by atoms with Crippen molar-refractivity contribution < 1.29 is 14.3 Å². The number of carbonyl (C=O) groups is 1. The van der Waals surface area contributed by atoms with Gasteiger partial charge in [0.15, 0.2) is 0 Å². The predicted octanol–water partition coefficient (Wildman–Crippen LogP) is 3.62. The average molecular weight is 282 g/mol. The zero-order chi connectivity index (χ0) is 15.1. The Labute approximate surface area is 124 Å².